The molecule has 1 atom stereocenters. The molecule has 0 radical (unpaired) electrons. The minimum Gasteiger partial charge on any atom is -0.507 e. The van der Waals surface area contributed by atoms with E-state index < -0.39 is 17.7 Å². The Kier molecular flexibility index (Phi) is 9.58. The van der Waals surface area contributed by atoms with Crippen LogP contribution in [-0.2, 0) is 21.9 Å². The van der Waals surface area contributed by atoms with Gasteiger partial charge in [-0.05, 0) is 53.1 Å². The van der Waals surface area contributed by atoms with E-state index in [1.165, 1.54) is 28.0 Å². The van der Waals surface area contributed by atoms with Crippen molar-refractivity contribution in [2.75, 3.05) is 4.90 Å². The fourth-order valence-electron chi connectivity index (χ4n) is 4.73. The van der Waals surface area contributed by atoms with Crippen LogP contribution in [0.5, 0.6) is 5.75 Å². The van der Waals surface area contributed by atoms with E-state index in [4.69, 9.17) is 27.9 Å². The molecule has 45 heavy (non-hydrogen) atoms. The van der Waals surface area contributed by atoms with E-state index in [1.54, 1.807) is 60.7 Å². The Morgan fingerprint density at radius 3 is 2.40 bits per heavy atom. The second-order valence-electron chi connectivity index (χ2n) is 9.89. The highest BCUT2D eigenvalue weighted by Crippen LogP contribution is 2.44. The minimum absolute atomic E-state index is 0.0439. The maximum absolute atomic E-state index is 13.6. The van der Waals surface area contributed by atoms with Crippen LogP contribution in [0.25, 0.3) is 5.76 Å². The number of halogens is 3. The van der Waals surface area contributed by atoms with Crippen molar-refractivity contribution in [3.63, 3.8) is 0 Å². The fraction of sp³-hybridized carbons (Fsp3) is 0.0909. The number of rotatable bonds is 9. The van der Waals surface area contributed by atoms with Crippen LogP contribution < -0.4 is 9.64 Å². The third-order valence-corrected chi connectivity index (χ3v) is 10.2. The molecule has 1 saturated heterocycles. The van der Waals surface area contributed by atoms with Gasteiger partial charge in [-0.1, -0.05) is 123 Å². The van der Waals surface area contributed by atoms with Crippen LogP contribution >= 0.6 is 62.2 Å². The molecule has 1 unspecified atom stereocenters. The van der Waals surface area contributed by atoms with Crippen molar-refractivity contribution in [1.82, 2.24) is 10.2 Å². The lowest BCUT2D eigenvalue weighted by atomic mass is 9.95. The summed E-state index contributed by atoms with van der Waals surface area (Å²) in [5.74, 6) is -0.795. The fourth-order valence-corrected chi connectivity index (χ4v) is 7.42. The first-order valence-corrected chi connectivity index (χ1v) is 16.9. The number of ether oxygens (including phenoxy) is 1. The molecule has 0 spiro atoms. The highest BCUT2D eigenvalue weighted by molar-refractivity contribution is 9.10. The Bertz CT molecular complexity index is 1900. The number of carbonyl (C=O) groups is 2. The molecule has 6 rings (SSSR count). The molecule has 4 aromatic carbocycles. The molecule has 5 aromatic rings. The summed E-state index contributed by atoms with van der Waals surface area (Å²) in [7, 11) is 0. The number of aromatic nitrogens is 2. The van der Waals surface area contributed by atoms with E-state index in [-0.39, 0.29) is 16.5 Å². The largest absolute Gasteiger partial charge is 0.507 e. The summed E-state index contributed by atoms with van der Waals surface area (Å²) >= 11 is 18.3. The van der Waals surface area contributed by atoms with Gasteiger partial charge in [0.05, 0.1) is 11.6 Å². The van der Waals surface area contributed by atoms with Crippen LogP contribution in [0.15, 0.2) is 111 Å². The quantitative estimate of drug-likeness (QED) is 0.0530. The molecule has 0 bridgehead atoms. The van der Waals surface area contributed by atoms with Gasteiger partial charge in [-0.3, -0.25) is 14.5 Å². The van der Waals surface area contributed by atoms with Crippen LogP contribution in [0.3, 0.4) is 0 Å². The zero-order chi connectivity index (χ0) is 31.5. The van der Waals surface area contributed by atoms with Gasteiger partial charge >= 0.3 is 5.91 Å². The molecular weight excluding hydrogens is 717 g/mol. The van der Waals surface area contributed by atoms with Crippen molar-refractivity contribution in [2.24, 2.45) is 0 Å². The molecule has 1 amide bonds. The van der Waals surface area contributed by atoms with Gasteiger partial charge < -0.3 is 9.84 Å². The summed E-state index contributed by atoms with van der Waals surface area (Å²) in [5, 5.41) is 21.3. The second-order valence-corrected chi connectivity index (χ2v) is 13.8. The van der Waals surface area contributed by atoms with Crippen LogP contribution in [0.2, 0.25) is 10.0 Å². The molecule has 0 aliphatic carbocycles. The number of anilines is 1. The second kappa shape index (κ2) is 13.8. The molecule has 12 heteroatoms. The van der Waals surface area contributed by atoms with E-state index in [2.05, 4.69) is 26.1 Å². The highest BCUT2D eigenvalue weighted by Gasteiger charge is 2.48. The van der Waals surface area contributed by atoms with Crippen molar-refractivity contribution in [2.45, 2.75) is 22.7 Å². The normalized spacial score (nSPS) is 15.9. The smallest absolute Gasteiger partial charge is 0.301 e. The van der Waals surface area contributed by atoms with E-state index in [1.807, 2.05) is 36.4 Å². The number of benzene rings is 4. The first-order valence-electron chi connectivity index (χ1n) is 13.5. The van der Waals surface area contributed by atoms with Crippen molar-refractivity contribution in [1.29, 1.82) is 0 Å². The van der Waals surface area contributed by atoms with Crippen molar-refractivity contribution < 1.29 is 19.4 Å². The van der Waals surface area contributed by atoms with Gasteiger partial charge in [0.25, 0.3) is 5.78 Å². The summed E-state index contributed by atoms with van der Waals surface area (Å²) in [6.07, 6.45) is 0. The van der Waals surface area contributed by atoms with Crippen molar-refractivity contribution in [3.05, 3.63) is 139 Å². The number of aliphatic hydroxyl groups is 1. The van der Waals surface area contributed by atoms with Gasteiger partial charge in [-0.2, -0.15) is 0 Å². The first-order chi connectivity index (χ1) is 21.8. The number of carbonyl (C=O) groups excluding carboxylic acids is 2. The van der Waals surface area contributed by atoms with E-state index >= 15 is 0 Å². The lowest BCUT2D eigenvalue weighted by molar-refractivity contribution is -0.132. The monoisotopic (exact) mass is 737 g/mol. The molecular formula is C33H22BrCl2N3O4S2. The first kappa shape index (κ1) is 31.3. The van der Waals surface area contributed by atoms with Gasteiger partial charge in [-0.25, -0.2) is 0 Å². The third kappa shape index (κ3) is 6.95. The van der Waals surface area contributed by atoms with E-state index in [0.29, 0.717) is 43.6 Å². The van der Waals surface area contributed by atoms with Crippen LogP contribution in [0.1, 0.15) is 28.3 Å². The Balaban J connectivity index is 1.33. The van der Waals surface area contributed by atoms with E-state index in [9.17, 15) is 14.7 Å². The Hall–Kier alpha value is -3.67. The SMILES string of the molecule is O=C1C(=O)N(c2nnc(SCc3ccc(Cl)cc3Cl)s2)C(c2ccc(OCc3ccccc3)cc2)/C1=C(/O)c1ccc(Br)cc1. The average molecular weight is 740 g/mol. The zero-order valence-corrected chi connectivity index (χ0v) is 27.9. The standard InChI is InChI=1S/C33H22BrCl2N3O4S2/c34-23-11-6-21(7-12-23)29(40)27-28(20-9-14-25(15-10-20)43-17-19-4-2-1-3-5-19)39(31(42)30(27)41)32-37-38-33(45-32)44-18-22-8-13-24(35)16-26(22)36/h1-16,28,40H,17-18H2/b29-27-. The molecule has 1 fully saturated rings. The predicted molar refractivity (Wildman–Crippen MR) is 182 cm³/mol. The van der Waals surface area contributed by atoms with Crippen LogP contribution in [0.4, 0.5) is 5.13 Å². The molecule has 1 N–H and O–H groups in total. The van der Waals surface area contributed by atoms with Gasteiger partial charge in [0, 0.05) is 25.8 Å². The summed E-state index contributed by atoms with van der Waals surface area (Å²) in [5.41, 5.74) is 2.84. The maximum Gasteiger partial charge on any atom is 0.301 e. The molecule has 226 valence electrons. The lowest BCUT2D eigenvalue weighted by Gasteiger charge is -2.22. The molecule has 7 nitrogen and oxygen atoms in total. The van der Waals surface area contributed by atoms with Crippen molar-refractivity contribution >= 4 is 84.8 Å². The van der Waals surface area contributed by atoms with Gasteiger partial charge in [0.15, 0.2) is 4.34 Å². The number of amides is 1. The number of hydrogen-bond acceptors (Lipinski definition) is 8. The Morgan fingerprint density at radius 1 is 0.956 bits per heavy atom. The number of hydrogen-bond donors (Lipinski definition) is 1. The molecule has 1 aliphatic rings. The van der Waals surface area contributed by atoms with Gasteiger partial charge in [0.1, 0.15) is 18.1 Å². The molecule has 2 heterocycles. The molecule has 1 aromatic heterocycles. The summed E-state index contributed by atoms with van der Waals surface area (Å²) in [6.45, 7) is 0.384. The number of aliphatic hydroxyl groups excluding tert-OH is 1. The lowest BCUT2D eigenvalue weighted by Crippen LogP contribution is -2.29. The summed E-state index contributed by atoms with van der Waals surface area (Å²) in [4.78, 5) is 28.4. The van der Waals surface area contributed by atoms with Crippen LogP contribution in [-0.4, -0.2) is 27.0 Å². The Labute approximate surface area is 285 Å². The Morgan fingerprint density at radius 2 is 1.69 bits per heavy atom. The third-order valence-electron chi connectivity index (χ3n) is 6.97. The average Bonchev–Trinajstić information content (AvgIpc) is 3.62. The predicted octanol–water partition coefficient (Wildman–Crippen LogP) is 9.11. The number of Topliss-reactive ketones (excluding diaryl/α,β-unsaturated/α-hetero) is 1. The number of nitrogens with zero attached hydrogens (tertiary/aromatic N) is 3. The zero-order valence-electron chi connectivity index (χ0n) is 23.2. The topological polar surface area (TPSA) is 92.6 Å². The van der Waals surface area contributed by atoms with Gasteiger partial charge in [-0.15, -0.1) is 10.2 Å². The number of thioether (sulfide) groups is 1. The number of ketones is 1. The summed E-state index contributed by atoms with van der Waals surface area (Å²) in [6, 6.07) is 28.1. The minimum atomic E-state index is -0.951. The molecule has 1 aliphatic heterocycles. The maximum atomic E-state index is 13.6. The molecule has 0 saturated carbocycles. The highest BCUT2D eigenvalue weighted by atomic mass is 79.9. The summed E-state index contributed by atoms with van der Waals surface area (Å²) < 4.78 is 7.33. The van der Waals surface area contributed by atoms with Gasteiger partial charge in [0.2, 0.25) is 5.13 Å². The van der Waals surface area contributed by atoms with Crippen LogP contribution in [0, 0.1) is 0 Å². The van der Waals surface area contributed by atoms with Crippen molar-refractivity contribution in [3.8, 4) is 5.75 Å². The van der Waals surface area contributed by atoms with E-state index in [0.717, 1.165) is 15.6 Å².